The van der Waals surface area contributed by atoms with E-state index in [1.54, 1.807) is 0 Å². The van der Waals surface area contributed by atoms with Crippen molar-refractivity contribution < 1.29 is 9.32 Å². The van der Waals surface area contributed by atoms with Crippen LogP contribution < -0.4 is 5.73 Å². The van der Waals surface area contributed by atoms with Crippen molar-refractivity contribution >= 4 is 5.91 Å². The Morgan fingerprint density at radius 2 is 2.05 bits per heavy atom. The molecular weight excluding hydrogens is 244 g/mol. The molecule has 1 aliphatic rings. The van der Waals surface area contributed by atoms with E-state index < -0.39 is 6.04 Å². The number of rotatable bonds is 3. The van der Waals surface area contributed by atoms with Gasteiger partial charge in [0.2, 0.25) is 11.8 Å². The van der Waals surface area contributed by atoms with E-state index in [9.17, 15) is 4.79 Å². The molecule has 0 radical (unpaired) electrons. The quantitative estimate of drug-likeness (QED) is 0.884. The van der Waals surface area contributed by atoms with Gasteiger partial charge in [0, 0.05) is 19.0 Å². The zero-order valence-electron chi connectivity index (χ0n) is 11.8. The predicted octanol–water partition coefficient (Wildman–Crippen LogP) is 1.07. The number of hydrogen-bond acceptors (Lipinski definition) is 5. The highest BCUT2D eigenvalue weighted by Gasteiger charge is 2.30. The van der Waals surface area contributed by atoms with Gasteiger partial charge in [-0.1, -0.05) is 19.0 Å². The molecule has 0 aromatic carbocycles. The van der Waals surface area contributed by atoms with Gasteiger partial charge in [0.15, 0.2) is 5.82 Å². The Bertz CT molecular complexity index is 436. The van der Waals surface area contributed by atoms with Crippen LogP contribution in [0.15, 0.2) is 4.52 Å². The molecule has 2 heterocycles. The third-order valence-electron chi connectivity index (χ3n) is 3.70. The van der Waals surface area contributed by atoms with Crippen LogP contribution in [0.4, 0.5) is 0 Å². The Kier molecular flexibility index (Phi) is 4.19. The number of carbonyl (C=O) groups is 1. The van der Waals surface area contributed by atoms with Crippen LogP contribution >= 0.6 is 0 Å². The van der Waals surface area contributed by atoms with Crippen molar-refractivity contribution in [3.8, 4) is 0 Å². The summed E-state index contributed by atoms with van der Waals surface area (Å²) in [6.45, 7) is 7.18. The first-order valence-corrected chi connectivity index (χ1v) is 6.83. The fraction of sp³-hybridized carbons (Fsp3) is 0.769. The zero-order valence-corrected chi connectivity index (χ0v) is 11.8. The number of amides is 1. The summed E-state index contributed by atoms with van der Waals surface area (Å²) in [4.78, 5) is 18.2. The van der Waals surface area contributed by atoms with E-state index in [1.807, 2.05) is 25.7 Å². The first-order valence-electron chi connectivity index (χ1n) is 6.83. The minimum Gasteiger partial charge on any atom is -0.341 e. The number of hydrogen-bond donors (Lipinski definition) is 1. The van der Waals surface area contributed by atoms with Crippen molar-refractivity contribution in [2.75, 3.05) is 13.1 Å². The molecular formula is C13H22N4O2. The molecule has 6 nitrogen and oxygen atoms in total. The minimum absolute atomic E-state index is 0.0511. The molecule has 19 heavy (non-hydrogen) atoms. The second-order valence-corrected chi connectivity index (χ2v) is 5.55. The van der Waals surface area contributed by atoms with Crippen LogP contribution in [-0.2, 0) is 4.79 Å². The molecule has 1 fully saturated rings. The average Bonchev–Trinajstić information content (AvgIpc) is 2.84. The summed E-state index contributed by atoms with van der Waals surface area (Å²) >= 11 is 0. The standard InChI is InChI=1S/C13H22N4O2/c1-8(2)11(14)13(18)17-6-4-10(5-7-17)12-15-9(3)16-19-12/h8,10-11H,4-7,14H2,1-3H3. The molecule has 0 spiro atoms. The van der Waals surface area contributed by atoms with Crippen molar-refractivity contribution in [3.63, 3.8) is 0 Å². The molecule has 1 atom stereocenters. The molecule has 1 unspecified atom stereocenters. The van der Waals surface area contributed by atoms with Crippen LogP contribution in [0.1, 0.15) is 44.3 Å². The molecule has 6 heteroatoms. The molecule has 1 aromatic rings. The number of nitrogens with zero attached hydrogens (tertiary/aromatic N) is 3. The molecule has 2 rings (SSSR count). The van der Waals surface area contributed by atoms with Crippen molar-refractivity contribution in [1.82, 2.24) is 15.0 Å². The van der Waals surface area contributed by atoms with E-state index in [2.05, 4.69) is 10.1 Å². The van der Waals surface area contributed by atoms with Crippen LogP contribution in [0, 0.1) is 12.8 Å². The smallest absolute Gasteiger partial charge is 0.239 e. The van der Waals surface area contributed by atoms with Crippen LogP contribution in [0.25, 0.3) is 0 Å². The van der Waals surface area contributed by atoms with Gasteiger partial charge in [-0.3, -0.25) is 4.79 Å². The van der Waals surface area contributed by atoms with E-state index in [0.29, 0.717) is 24.8 Å². The number of likely N-dealkylation sites (tertiary alicyclic amines) is 1. The number of nitrogens with two attached hydrogens (primary N) is 1. The molecule has 1 amide bonds. The third-order valence-corrected chi connectivity index (χ3v) is 3.70. The number of aromatic nitrogens is 2. The van der Waals surface area contributed by atoms with Crippen molar-refractivity contribution in [1.29, 1.82) is 0 Å². The maximum absolute atomic E-state index is 12.1. The molecule has 1 aliphatic heterocycles. The molecule has 1 saturated heterocycles. The molecule has 1 aromatic heterocycles. The lowest BCUT2D eigenvalue weighted by atomic mass is 9.95. The van der Waals surface area contributed by atoms with Crippen molar-refractivity contribution in [3.05, 3.63) is 11.7 Å². The summed E-state index contributed by atoms with van der Waals surface area (Å²) in [5.74, 6) is 1.84. The van der Waals surface area contributed by atoms with Gasteiger partial charge in [0.25, 0.3) is 0 Å². The van der Waals surface area contributed by atoms with Gasteiger partial charge in [-0.2, -0.15) is 4.98 Å². The van der Waals surface area contributed by atoms with E-state index >= 15 is 0 Å². The summed E-state index contributed by atoms with van der Waals surface area (Å²) in [5.41, 5.74) is 5.91. The summed E-state index contributed by atoms with van der Waals surface area (Å²) in [6.07, 6.45) is 1.72. The molecule has 106 valence electrons. The van der Waals surface area contributed by atoms with Gasteiger partial charge in [0.1, 0.15) is 0 Å². The maximum atomic E-state index is 12.1. The second-order valence-electron chi connectivity index (χ2n) is 5.55. The summed E-state index contributed by atoms with van der Waals surface area (Å²) in [6, 6.07) is -0.401. The average molecular weight is 266 g/mol. The minimum atomic E-state index is -0.401. The highest BCUT2D eigenvalue weighted by Crippen LogP contribution is 2.27. The first kappa shape index (κ1) is 14.0. The highest BCUT2D eigenvalue weighted by molar-refractivity contribution is 5.82. The van der Waals surface area contributed by atoms with Crippen LogP contribution in [0.2, 0.25) is 0 Å². The Morgan fingerprint density at radius 1 is 1.42 bits per heavy atom. The predicted molar refractivity (Wildman–Crippen MR) is 70.4 cm³/mol. The van der Waals surface area contributed by atoms with Gasteiger partial charge in [-0.15, -0.1) is 0 Å². The monoisotopic (exact) mass is 266 g/mol. The fourth-order valence-electron chi connectivity index (χ4n) is 2.32. The van der Waals surface area contributed by atoms with Gasteiger partial charge >= 0.3 is 0 Å². The summed E-state index contributed by atoms with van der Waals surface area (Å²) in [7, 11) is 0. The Labute approximate surface area is 113 Å². The molecule has 0 saturated carbocycles. The van der Waals surface area contributed by atoms with E-state index in [4.69, 9.17) is 10.3 Å². The lowest BCUT2D eigenvalue weighted by molar-refractivity contribution is -0.134. The van der Waals surface area contributed by atoms with E-state index in [0.717, 1.165) is 12.8 Å². The molecule has 0 bridgehead atoms. The number of aryl methyl sites for hydroxylation is 1. The van der Waals surface area contributed by atoms with Crippen molar-refractivity contribution in [2.24, 2.45) is 11.7 Å². The van der Waals surface area contributed by atoms with Crippen LogP contribution in [-0.4, -0.2) is 40.1 Å². The summed E-state index contributed by atoms with van der Waals surface area (Å²) < 4.78 is 5.20. The molecule has 2 N–H and O–H groups in total. The van der Waals surface area contributed by atoms with Crippen LogP contribution in [0.3, 0.4) is 0 Å². The Morgan fingerprint density at radius 3 is 2.53 bits per heavy atom. The van der Waals surface area contributed by atoms with Gasteiger partial charge < -0.3 is 15.2 Å². The largest absolute Gasteiger partial charge is 0.341 e. The highest BCUT2D eigenvalue weighted by atomic mass is 16.5. The third kappa shape index (κ3) is 3.12. The Balaban J connectivity index is 1.90. The lowest BCUT2D eigenvalue weighted by Gasteiger charge is -2.33. The van der Waals surface area contributed by atoms with E-state index in [-0.39, 0.29) is 17.7 Å². The lowest BCUT2D eigenvalue weighted by Crippen LogP contribution is -2.49. The zero-order chi connectivity index (χ0) is 14.0. The van der Waals surface area contributed by atoms with Crippen LogP contribution in [0.5, 0.6) is 0 Å². The second kappa shape index (κ2) is 5.69. The fourth-order valence-corrected chi connectivity index (χ4v) is 2.32. The van der Waals surface area contributed by atoms with Crippen molar-refractivity contribution in [2.45, 2.75) is 45.6 Å². The molecule has 0 aliphatic carbocycles. The number of piperidine rings is 1. The van der Waals surface area contributed by atoms with Gasteiger partial charge in [0.05, 0.1) is 6.04 Å². The van der Waals surface area contributed by atoms with E-state index in [1.165, 1.54) is 0 Å². The maximum Gasteiger partial charge on any atom is 0.239 e. The van der Waals surface area contributed by atoms with Gasteiger partial charge in [-0.05, 0) is 25.7 Å². The number of carbonyl (C=O) groups excluding carboxylic acids is 1. The summed E-state index contributed by atoms with van der Waals surface area (Å²) in [5, 5.41) is 3.81. The first-order chi connectivity index (χ1) is 8.99. The SMILES string of the molecule is Cc1noc(C2CCN(C(=O)C(N)C(C)C)CC2)n1. The topological polar surface area (TPSA) is 85.2 Å². The Hall–Kier alpha value is -1.43. The van der Waals surface area contributed by atoms with Gasteiger partial charge in [-0.25, -0.2) is 0 Å². The normalized spacial score (nSPS) is 18.9.